The molecule has 0 spiro atoms. The van der Waals surface area contributed by atoms with Crippen LogP contribution in [0.25, 0.3) is 16.9 Å². The summed E-state index contributed by atoms with van der Waals surface area (Å²) in [7, 11) is 1.64. The number of halogens is 1. The number of nitrogens with zero attached hydrogens (tertiary/aromatic N) is 1. The summed E-state index contributed by atoms with van der Waals surface area (Å²) in [6, 6.07) is 17.4. The smallest absolute Gasteiger partial charge is 0.253 e. The highest BCUT2D eigenvalue weighted by atomic mass is 35.5. The predicted octanol–water partition coefficient (Wildman–Crippen LogP) is 5.25. The Hall–Kier alpha value is -2.72. The Bertz CT molecular complexity index is 959. The zero-order valence-corrected chi connectivity index (χ0v) is 16.7. The Morgan fingerprint density at radius 1 is 1.11 bits per heavy atom. The van der Waals surface area contributed by atoms with Gasteiger partial charge in [-0.2, -0.15) is 0 Å². The van der Waals surface area contributed by atoms with E-state index in [0.29, 0.717) is 10.6 Å². The number of hydrogen-bond acceptors (Lipinski definition) is 2. The van der Waals surface area contributed by atoms with Gasteiger partial charge in [-0.05, 0) is 68.8 Å². The summed E-state index contributed by atoms with van der Waals surface area (Å²) in [6.07, 6.45) is 0. The summed E-state index contributed by atoms with van der Waals surface area (Å²) >= 11 is 6.47. The normalized spacial score (nSPS) is 10.9. The molecule has 3 aromatic rings. The molecule has 0 atom stereocenters. The summed E-state index contributed by atoms with van der Waals surface area (Å²) in [6.45, 7) is 5.83. The van der Waals surface area contributed by atoms with Crippen molar-refractivity contribution in [3.8, 4) is 22.7 Å². The van der Waals surface area contributed by atoms with Crippen LogP contribution in [0.15, 0.2) is 54.6 Å². The fraction of sp³-hybridized carbons (Fsp3) is 0.227. The second-order valence-electron chi connectivity index (χ2n) is 6.67. The summed E-state index contributed by atoms with van der Waals surface area (Å²) in [5.74, 6) is 0.687. The van der Waals surface area contributed by atoms with Crippen molar-refractivity contribution in [1.82, 2.24) is 9.88 Å². The van der Waals surface area contributed by atoms with E-state index in [1.54, 1.807) is 7.11 Å². The molecule has 0 unspecified atom stereocenters. The quantitative estimate of drug-likeness (QED) is 0.654. The standard InChI is InChI=1S/C22H23ClN2O2/c1-14(2)24-22(26)18-13-21(16-9-11-17(27-4)12-10-16)25(15(18)3)20-8-6-5-7-19(20)23/h5-14H,1-4H3,(H,24,26). The van der Waals surface area contributed by atoms with Gasteiger partial charge in [0.1, 0.15) is 5.75 Å². The molecule has 2 aromatic carbocycles. The Kier molecular flexibility index (Phi) is 5.57. The Morgan fingerprint density at radius 3 is 2.37 bits per heavy atom. The molecule has 0 saturated carbocycles. The summed E-state index contributed by atoms with van der Waals surface area (Å²) < 4.78 is 7.29. The van der Waals surface area contributed by atoms with Gasteiger partial charge in [-0.25, -0.2) is 0 Å². The van der Waals surface area contributed by atoms with Crippen LogP contribution in [0.4, 0.5) is 0 Å². The van der Waals surface area contributed by atoms with E-state index in [9.17, 15) is 4.79 Å². The minimum absolute atomic E-state index is 0.0602. The van der Waals surface area contributed by atoms with E-state index in [0.717, 1.165) is 28.4 Å². The second-order valence-corrected chi connectivity index (χ2v) is 7.08. The van der Waals surface area contributed by atoms with Gasteiger partial charge in [0.2, 0.25) is 0 Å². The number of benzene rings is 2. The molecule has 0 saturated heterocycles. The van der Waals surface area contributed by atoms with E-state index < -0.39 is 0 Å². The fourth-order valence-corrected chi connectivity index (χ4v) is 3.31. The van der Waals surface area contributed by atoms with E-state index in [-0.39, 0.29) is 11.9 Å². The van der Waals surface area contributed by atoms with Crippen LogP contribution in [0.5, 0.6) is 5.75 Å². The molecule has 27 heavy (non-hydrogen) atoms. The van der Waals surface area contributed by atoms with E-state index in [2.05, 4.69) is 5.32 Å². The number of rotatable bonds is 5. The summed E-state index contributed by atoms with van der Waals surface area (Å²) in [4.78, 5) is 12.7. The minimum Gasteiger partial charge on any atom is -0.497 e. The molecule has 1 aromatic heterocycles. The molecule has 1 amide bonds. The zero-order chi connectivity index (χ0) is 19.6. The number of ether oxygens (including phenoxy) is 1. The maximum absolute atomic E-state index is 12.7. The number of methoxy groups -OCH3 is 1. The number of nitrogens with one attached hydrogen (secondary N) is 1. The number of carbonyl (C=O) groups is 1. The SMILES string of the molecule is COc1ccc(-c2cc(C(=O)NC(C)C)c(C)n2-c2ccccc2Cl)cc1. The van der Waals surface area contributed by atoms with Crippen molar-refractivity contribution in [3.63, 3.8) is 0 Å². The molecule has 1 N–H and O–H groups in total. The number of para-hydroxylation sites is 1. The molecule has 3 rings (SSSR count). The van der Waals surface area contributed by atoms with Crippen molar-refractivity contribution < 1.29 is 9.53 Å². The van der Waals surface area contributed by atoms with Crippen molar-refractivity contribution in [2.45, 2.75) is 26.8 Å². The molecule has 0 fully saturated rings. The van der Waals surface area contributed by atoms with Gasteiger partial charge >= 0.3 is 0 Å². The molecule has 4 nitrogen and oxygen atoms in total. The molecule has 5 heteroatoms. The van der Waals surface area contributed by atoms with Crippen LogP contribution in [-0.4, -0.2) is 23.6 Å². The molecule has 0 aliphatic heterocycles. The lowest BCUT2D eigenvalue weighted by atomic mass is 10.1. The van der Waals surface area contributed by atoms with E-state index in [1.165, 1.54) is 0 Å². The van der Waals surface area contributed by atoms with Crippen LogP contribution < -0.4 is 10.1 Å². The van der Waals surface area contributed by atoms with Gasteiger partial charge in [-0.3, -0.25) is 4.79 Å². The number of amides is 1. The first kappa shape index (κ1) is 19.1. The number of carbonyl (C=O) groups excluding carboxylic acids is 1. The van der Waals surface area contributed by atoms with Crippen molar-refractivity contribution in [2.24, 2.45) is 0 Å². The average molecular weight is 383 g/mol. The van der Waals surface area contributed by atoms with Crippen LogP contribution in [0.1, 0.15) is 29.9 Å². The van der Waals surface area contributed by atoms with Gasteiger partial charge in [-0.1, -0.05) is 23.7 Å². The van der Waals surface area contributed by atoms with Gasteiger partial charge in [0, 0.05) is 11.7 Å². The largest absolute Gasteiger partial charge is 0.497 e. The lowest BCUT2D eigenvalue weighted by Gasteiger charge is -2.14. The summed E-state index contributed by atoms with van der Waals surface area (Å²) in [5, 5.41) is 3.60. The minimum atomic E-state index is -0.0944. The Labute approximate surface area is 164 Å². The highest BCUT2D eigenvalue weighted by molar-refractivity contribution is 6.32. The first-order valence-electron chi connectivity index (χ1n) is 8.85. The molecule has 140 valence electrons. The van der Waals surface area contributed by atoms with Crippen molar-refractivity contribution in [2.75, 3.05) is 7.11 Å². The first-order valence-corrected chi connectivity index (χ1v) is 9.22. The fourth-order valence-electron chi connectivity index (χ4n) is 3.09. The third kappa shape index (κ3) is 3.86. The van der Waals surface area contributed by atoms with E-state index in [1.807, 2.05) is 79.9 Å². The number of aromatic nitrogens is 1. The van der Waals surface area contributed by atoms with Crippen molar-refractivity contribution in [1.29, 1.82) is 0 Å². The van der Waals surface area contributed by atoms with Gasteiger partial charge in [-0.15, -0.1) is 0 Å². The maximum atomic E-state index is 12.7. The van der Waals surface area contributed by atoms with Gasteiger partial charge in [0.05, 0.1) is 29.1 Å². The molecule has 0 bridgehead atoms. The monoisotopic (exact) mass is 382 g/mol. The molecule has 1 heterocycles. The molecular weight excluding hydrogens is 360 g/mol. The molecular formula is C22H23ClN2O2. The predicted molar refractivity (Wildman–Crippen MR) is 110 cm³/mol. The lowest BCUT2D eigenvalue weighted by molar-refractivity contribution is 0.0942. The first-order chi connectivity index (χ1) is 12.9. The lowest BCUT2D eigenvalue weighted by Crippen LogP contribution is -2.30. The maximum Gasteiger partial charge on any atom is 0.253 e. The van der Waals surface area contributed by atoms with Gasteiger partial charge in [0.15, 0.2) is 0 Å². The highest BCUT2D eigenvalue weighted by Gasteiger charge is 2.21. The zero-order valence-electron chi connectivity index (χ0n) is 15.9. The van der Waals surface area contributed by atoms with Crippen LogP contribution in [0.3, 0.4) is 0 Å². The van der Waals surface area contributed by atoms with Gasteiger partial charge < -0.3 is 14.6 Å². The topological polar surface area (TPSA) is 43.3 Å². The third-order valence-electron chi connectivity index (χ3n) is 4.39. The molecule has 0 radical (unpaired) electrons. The van der Waals surface area contributed by atoms with Crippen LogP contribution in [-0.2, 0) is 0 Å². The van der Waals surface area contributed by atoms with Crippen LogP contribution in [0.2, 0.25) is 5.02 Å². The van der Waals surface area contributed by atoms with Crippen molar-refractivity contribution in [3.05, 3.63) is 70.9 Å². The average Bonchev–Trinajstić information content (AvgIpc) is 2.99. The highest BCUT2D eigenvalue weighted by Crippen LogP contribution is 2.33. The van der Waals surface area contributed by atoms with Crippen LogP contribution >= 0.6 is 11.6 Å². The van der Waals surface area contributed by atoms with Crippen molar-refractivity contribution >= 4 is 17.5 Å². The van der Waals surface area contributed by atoms with E-state index in [4.69, 9.17) is 16.3 Å². The summed E-state index contributed by atoms with van der Waals surface area (Å²) in [5.41, 5.74) is 4.19. The Morgan fingerprint density at radius 2 is 1.78 bits per heavy atom. The Balaban J connectivity index is 2.21. The molecule has 0 aliphatic carbocycles. The number of hydrogen-bond donors (Lipinski definition) is 1. The third-order valence-corrected chi connectivity index (χ3v) is 4.71. The van der Waals surface area contributed by atoms with Crippen LogP contribution in [0, 0.1) is 6.92 Å². The van der Waals surface area contributed by atoms with Gasteiger partial charge in [0.25, 0.3) is 5.91 Å². The van der Waals surface area contributed by atoms with E-state index >= 15 is 0 Å². The second kappa shape index (κ2) is 7.89. The molecule has 0 aliphatic rings.